The quantitative estimate of drug-likeness (QED) is 0.727. The van der Waals surface area contributed by atoms with Crippen molar-refractivity contribution in [3.63, 3.8) is 0 Å². The number of para-hydroxylation sites is 1. The average molecular weight is 304 g/mol. The smallest absolute Gasteiger partial charge is 0.256 e. The van der Waals surface area contributed by atoms with Gasteiger partial charge >= 0.3 is 0 Å². The first-order valence-corrected chi connectivity index (χ1v) is 7.31. The Bertz CT molecular complexity index is 873. The zero-order chi connectivity index (χ0) is 16.2. The molecule has 4 nitrogen and oxygen atoms in total. The fourth-order valence-electron chi connectivity index (χ4n) is 2.50. The summed E-state index contributed by atoms with van der Waals surface area (Å²) in [6.07, 6.45) is 0. The molecule has 0 heterocycles. The number of ketones is 1. The van der Waals surface area contributed by atoms with Crippen LogP contribution < -0.4 is 11.1 Å². The number of hydrogen-bond donors (Lipinski definition) is 2. The molecule has 1 amide bonds. The third kappa shape index (κ3) is 3.12. The highest BCUT2D eigenvalue weighted by molar-refractivity contribution is 6.15. The number of fused-ring (bicyclic) bond motifs is 1. The van der Waals surface area contributed by atoms with Crippen molar-refractivity contribution >= 4 is 28.2 Å². The largest absolute Gasteiger partial charge is 0.324 e. The van der Waals surface area contributed by atoms with Crippen LogP contribution in [0.1, 0.15) is 20.7 Å². The first-order valence-electron chi connectivity index (χ1n) is 7.31. The van der Waals surface area contributed by atoms with Gasteiger partial charge in [0.15, 0.2) is 5.78 Å². The number of anilines is 1. The van der Waals surface area contributed by atoms with E-state index in [9.17, 15) is 9.59 Å². The summed E-state index contributed by atoms with van der Waals surface area (Å²) >= 11 is 0. The molecule has 0 radical (unpaired) electrons. The second kappa shape index (κ2) is 6.42. The van der Waals surface area contributed by atoms with Crippen molar-refractivity contribution in [2.24, 2.45) is 5.73 Å². The fraction of sp³-hybridized carbons (Fsp3) is 0.0526. The maximum Gasteiger partial charge on any atom is 0.256 e. The third-order valence-electron chi connectivity index (χ3n) is 3.65. The molecular weight excluding hydrogens is 288 g/mol. The van der Waals surface area contributed by atoms with Crippen molar-refractivity contribution < 1.29 is 9.59 Å². The molecule has 4 heteroatoms. The molecule has 0 aliphatic heterocycles. The first-order chi connectivity index (χ1) is 11.2. The molecule has 0 saturated carbocycles. The van der Waals surface area contributed by atoms with E-state index in [2.05, 4.69) is 5.32 Å². The lowest BCUT2D eigenvalue weighted by atomic mass is 9.98. The Morgan fingerprint density at radius 3 is 2.35 bits per heavy atom. The minimum atomic E-state index is -0.251. The number of carbonyl (C=O) groups is 2. The van der Waals surface area contributed by atoms with Gasteiger partial charge in [-0.1, -0.05) is 42.5 Å². The van der Waals surface area contributed by atoms with E-state index in [0.29, 0.717) is 16.8 Å². The SMILES string of the molecule is NCC(=O)c1cc(C(=O)Nc2ccccc2)c2ccccc2c1. The Labute approximate surface area is 133 Å². The van der Waals surface area contributed by atoms with E-state index < -0.39 is 0 Å². The van der Waals surface area contributed by atoms with E-state index in [1.165, 1.54) is 0 Å². The summed E-state index contributed by atoms with van der Waals surface area (Å²) in [5.74, 6) is -0.441. The average Bonchev–Trinajstić information content (AvgIpc) is 2.60. The summed E-state index contributed by atoms with van der Waals surface area (Å²) in [5.41, 5.74) is 7.06. The van der Waals surface area contributed by atoms with Crippen LogP contribution in [0.3, 0.4) is 0 Å². The molecular formula is C19H16N2O2. The zero-order valence-electron chi connectivity index (χ0n) is 12.5. The van der Waals surface area contributed by atoms with Crippen LogP contribution in [0.25, 0.3) is 10.8 Å². The lowest BCUT2D eigenvalue weighted by Crippen LogP contribution is -2.16. The predicted molar refractivity (Wildman–Crippen MR) is 91.7 cm³/mol. The predicted octanol–water partition coefficient (Wildman–Crippen LogP) is 3.23. The number of Topliss-reactive ketones (excluding diaryl/α,β-unsaturated/α-hetero) is 1. The summed E-state index contributed by atoms with van der Waals surface area (Å²) in [7, 11) is 0. The summed E-state index contributed by atoms with van der Waals surface area (Å²) in [6.45, 7) is -0.0852. The van der Waals surface area contributed by atoms with Gasteiger partial charge in [0, 0.05) is 16.8 Å². The summed E-state index contributed by atoms with van der Waals surface area (Å²) < 4.78 is 0. The maximum absolute atomic E-state index is 12.6. The molecule has 0 atom stereocenters. The standard InChI is InChI=1S/C19H16N2O2/c20-12-18(22)14-10-13-6-4-5-9-16(13)17(11-14)19(23)21-15-7-2-1-3-8-15/h1-11H,12,20H2,(H,21,23). The van der Waals surface area contributed by atoms with E-state index in [1.54, 1.807) is 12.1 Å². The molecule has 0 aliphatic carbocycles. The van der Waals surface area contributed by atoms with Crippen molar-refractivity contribution in [3.8, 4) is 0 Å². The molecule has 3 aromatic rings. The molecule has 3 N–H and O–H groups in total. The van der Waals surface area contributed by atoms with Crippen LogP contribution >= 0.6 is 0 Å². The molecule has 0 fully saturated rings. The van der Waals surface area contributed by atoms with Gasteiger partial charge in [0.1, 0.15) is 0 Å². The van der Waals surface area contributed by atoms with E-state index in [-0.39, 0.29) is 18.2 Å². The van der Waals surface area contributed by atoms with E-state index in [4.69, 9.17) is 5.73 Å². The topological polar surface area (TPSA) is 72.2 Å². The second-order valence-electron chi connectivity index (χ2n) is 5.19. The van der Waals surface area contributed by atoms with Gasteiger partial charge in [0.05, 0.1) is 6.54 Å². The highest BCUT2D eigenvalue weighted by Gasteiger charge is 2.14. The van der Waals surface area contributed by atoms with E-state index >= 15 is 0 Å². The van der Waals surface area contributed by atoms with Crippen molar-refractivity contribution in [1.82, 2.24) is 0 Å². The van der Waals surface area contributed by atoms with Crippen LogP contribution in [0.4, 0.5) is 5.69 Å². The van der Waals surface area contributed by atoms with Crippen molar-refractivity contribution in [1.29, 1.82) is 0 Å². The van der Waals surface area contributed by atoms with Gasteiger partial charge in [-0.2, -0.15) is 0 Å². The molecule has 0 aliphatic rings. The molecule has 3 rings (SSSR count). The van der Waals surface area contributed by atoms with Gasteiger partial charge in [-0.05, 0) is 35.0 Å². The fourth-order valence-corrected chi connectivity index (χ4v) is 2.50. The Kier molecular flexibility index (Phi) is 4.17. The lowest BCUT2D eigenvalue weighted by Gasteiger charge is -2.10. The molecule has 0 bridgehead atoms. The van der Waals surface area contributed by atoms with Gasteiger partial charge in [-0.3, -0.25) is 9.59 Å². The number of rotatable bonds is 4. The zero-order valence-corrected chi connectivity index (χ0v) is 12.5. The van der Waals surface area contributed by atoms with Gasteiger partial charge < -0.3 is 11.1 Å². The Morgan fingerprint density at radius 1 is 0.913 bits per heavy atom. The second-order valence-corrected chi connectivity index (χ2v) is 5.19. The Balaban J connectivity index is 2.07. The van der Waals surface area contributed by atoms with Gasteiger partial charge in [-0.25, -0.2) is 0 Å². The minimum absolute atomic E-state index is 0.0852. The maximum atomic E-state index is 12.6. The lowest BCUT2D eigenvalue weighted by molar-refractivity contribution is 0.100. The van der Waals surface area contributed by atoms with Gasteiger partial charge in [0.25, 0.3) is 5.91 Å². The highest BCUT2D eigenvalue weighted by atomic mass is 16.1. The van der Waals surface area contributed by atoms with Crippen LogP contribution in [0.5, 0.6) is 0 Å². The number of nitrogens with one attached hydrogen (secondary N) is 1. The van der Waals surface area contributed by atoms with Crippen LogP contribution in [0, 0.1) is 0 Å². The minimum Gasteiger partial charge on any atom is -0.324 e. The summed E-state index contributed by atoms with van der Waals surface area (Å²) in [4.78, 5) is 24.6. The number of nitrogens with two attached hydrogens (primary N) is 1. The van der Waals surface area contributed by atoms with E-state index in [1.807, 2.05) is 54.6 Å². The highest BCUT2D eigenvalue weighted by Crippen LogP contribution is 2.22. The third-order valence-corrected chi connectivity index (χ3v) is 3.65. The number of carbonyl (C=O) groups excluding carboxylic acids is 2. The molecule has 0 unspecified atom stereocenters. The van der Waals surface area contributed by atoms with Crippen LogP contribution in [-0.2, 0) is 0 Å². The van der Waals surface area contributed by atoms with E-state index in [0.717, 1.165) is 10.8 Å². The van der Waals surface area contributed by atoms with Crippen LogP contribution in [0.2, 0.25) is 0 Å². The molecule has 0 aromatic heterocycles. The molecule has 23 heavy (non-hydrogen) atoms. The molecule has 114 valence electrons. The molecule has 0 spiro atoms. The molecule has 0 saturated heterocycles. The monoisotopic (exact) mass is 304 g/mol. The van der Waals surface area contributed by atoms with Crippen LogP contribution in [0.15, 0.2) is 66.7 Å². The number of hydrogen-bond acceptors (Lipinski definition) is 3. The number of benzene rings is 3. The number of amides is 1. The summed E-state index contributed by atoms with van der Waals surface area (Å²) in [6, 6.07) is 20.1. The van der Waals surface area contributed by atoms with Gasteiger partial charge in [-0.15, -0.1) is 0 Å². The summed E-state index contributed by atoms with van der Waals surface area (Å²) in [5, 5.41) is 4.49. The Morgan fingerprint density at radius 2 is 1.61 bits per heavy atom. The Hall–Kier alpha value is -2.98. The molecule has 3 aromatic carbocycles. The van der Waals surface area contributed by atoms with Crippen LogP contribution in [-0.4, -0.2) is 18.2 Å². The van der Waals surface area contributed by atoms with Gasteiger partial charge in [0.2, 0.25) is 0 Å². The van der Waals surface area contributed by atoms with Crippen molar-refractivity contribution in [2.75, 3.05) is 11.9 Å². The van der Waals surface area contributed by atoms with Crippen molar-refractivity contribution in [2.45, 2.75) is 0 Å². The first kappa shape index (κ1) is 14.9. The normalized spacial score (nSPS) is 10.5. The van der Waals surface area contributed by atoms with Crippen molar-refractivity contribution in [3.05, 3.63) is 77.9 Å².